The molecule has 0 radical (unpaired) electrons. The number of allylic oxidation sites excluding steroid dienone is 1. The minimum atomic E-state index is -1.86. The molecule has 0 heterocycles. The first kappa shape index (κ1) is 34.3. The van der Waals surface area contributed by atoms with Crippen LogP contribution in [0.25, 0.3) is 0 Å². The van der Waals surface area contributed by atoms with Gasteiger partial charge < -0.3 is 17.7 Å². The Balaban J connectivity index is 1.78. The van der Waals surface area contributed by atoms with Crippen molar-refractivity contribution in [3.05, 3.63) is 11.6 Å². The van der Waals surface area contributed by atoms with E-state index < -0.39 is 33.3 Å². The standard InChI is InChI=1S/C33H66O4Si4/c1-24(34-38(4,5)6)33(37-41(13,14)15)21-19-28-27-17-16-25-22-26(35-39(7,8)9)18-20-31(25,2)30(27)29(23-32(28,33)3)36-40(10,11)12/h16,24,26-30H,17-23H2,1-15H3. The van der Waals surface area contributed by atoms with E-state index in [1.54, 1.807) is 5.57 Å². The molecular formula is C33H66O4Si4. The van der Waals surface area contributed by atoms with Crippen LogP contribution < -0.4 is 0 Å². The van der Waals surface area contributed by atoms with Crippen molar-refractivity contribution in [2.24, 2.45) is 28.6 Å². The lowest BCUT2D eigenvalue weighted by Crippen LogP contribution is -2.66. The molecule has 8 heteroatoms. The summed E-state index contributed by atoms with van der Waals surface area (Å²) in [7, 11) is -6.96. The van der Waals surface area contributed by atoms with Gasteiger partial charge in [-0.2, -0.15) is 0 Å². The van der Waals surface area contributed by atoms with E-state index in [0.29, 0.717) is 23.9 Å². The maximum Gasteiger partial charge on any atom is 0.184 e. The second-order valence-corrected chi connectivity index (χ2v) is 36.5. The minimum Gasteiger partial charge on any atom is -0.414 e. The quantitative estimate of drug-likeness (QED) is 0.186. The Morgan fingerprint density at radius 1 is 0.780 bits per heavy atom. The van der Waals surface area contributed by atoms with E-state index in [1.165, 1.54) is 25.7 Å². The van der Waals surface area contributed by atoms with Gasteiger partial charge in [-0.1, -0.05) is 25.5 Å². The Kier molecular flexibility index (Phi) is 9.26. The molecule has 4 aliphatic carbocycles. The molecule has 3 fully saturated rings. The zero-order chi connectivity index (χ0) is 31.0. The Morgan fingerprint density at radius 3 is 1.93 bits per heavy atom. The van der Waals surface area contributed by atoms with Gasteiger partial charge in [0.05, 0.1) is 11.7 Å². The summed E-state index contributed by atoms with van der Waals surface area (Å²) >= 11 is 0. The SMILES string of the molecule is CC(O[Si](C)(C)C)C1(O[Si](C)(C)C)CCC2C3CC=C4CC(O[Si](C)(C)C)CCC4(C)C3C(O[Si](C)(C)C)CC21C. The molecule has 0 spiro atoms. The number of fused-ring (bicyclic) bond motifs is 5. The summed E-state index contributed by atoms with van der Waals surface area (Å²) in [5.41, 5.74) is 1.68. The molecule has 4 rings (SSSR count). The highest BCUT2D eigenvalue weighted by Crippen LogP contribution is 2.69. The molecule has 41 heavy (non-hydrogen) atoms. The molecule has 0 amide bonds. The third-order valence-electron chi connectivity index (χ3n) is 10.9. The van der Waals surface area contributed by atoms with Crippen molar-refractivity contribution in [2.45, 2.75) is 168 Å². The molecule has 0 aromatic heterocycles. The highest BCUT2D eigenvalue weighted by Gasteiger charge is 2.69. The Bertz CT molecular complexity index is 989. The summed E-state index contributed by atoms with van der Waals surface area (Å²) in [6.07, 6.45) is 11.6. The van der Waals surface area contributed by atoms with E-state index >= 15 is 0 Å². The first-order chi connectivity index (χ1) is 18.4. The van der Waals surface area contributed by atoms with Gasteiger partial charge in [-0.3, -0.25) is 0 Å². The van der Waals surface area contributed by atoms with Crippen LogP contribution in [-0.2, 0) is 17.7 Å². The highest BCUT2D eigenvalue weighted by molar-refractivity contribution is 6.71. The third-order valence-corrected chi connectivity index (χ3v) is 14.9. The fourth-order valence-corrected chi connectivity index (χ4v) is 15.2. The summed E-state index contributed by atoms with van der Waals surface area (Å²) in [5, 5.41) is 0. The van der Waals surface area contributed by atoms with E-state index in [4.69, 9.17) is 17.7 Å². The number of hydrogen-bond donors (Lipinski definition) is 0. The zero-order valence-electron chi connectivity index (χ0n) is 29.6. The van der Waals surface area contributed by atoms with E-state index in [-0.39, 0.29) is 28.6 Å². The smallest absolute Gasteiger partial charge is 0.184 e. The van der Waals surface area contributed by atoms with Gasteiger partial charge in [0.25, 0.3) is 0 Å². The van der Waals surface area contributed by atoms with Crippen LogP contribution in [0.15, 0.2) is 11.6 Å². The Hall–Kier alpha value is 0.448. The normalized spacial score (nSPS) is 40.9. The molecule has 0 N–H and O–H groups in total. The van der Waals surface area contributed by atoms with Crippen LogP contribution in [0.4, 0.5) is 0 Å². The molecule has 9 atom stereocenters. The zero-order valence-corrected chi connectivity index (χ0v) is 33.6. The fraction of sp³-hybridized carbons (Fsp3) is 0.939. The van der Waals surface area contributed by atoms with E-state index in [2.05, 4.69) is 105 Å². The largest absolute Gasteiger partial charge is 0.414 e. The maximum atomic E-state index is 7.48. The third kappa shape index (κ3) is 7.00. The number of rotatable bonds is 9. The first-order valence-corrected chi connectivity index (χ1v) is 30.5. The van der Waals surface area contributed by atoms with Crippen molar-refractivity contribution in [3.8, 4) is 0 Å². The lowest BCUT2D eigenvalue weighted by Gasteiger charge is -2.64. The molecule has 0 aromatic rings. The van der Waals surface area contributed by atoms with Gasteiger partial charge >= 0.3 is 0 Å². The molecule has 4 nitrogen and oxygen atoms in total. The van der Waals surface area contributed by atoms with Crippen molar-refractivity contribution < 1.29 is 17.7 Å². The monoisotopic (exact) mass is 638 g/mol. The summed E-state index contributed by atoms with van der Waals surface area (Å²) in [6, 6.07) is 0. The van der Waals surface area contributed by atoms with Gasteiger partial charge in [-0.15, -0.1) is 0 Å². The van der Waals surface area contributed by atoms with Gasteiger partial charge in [0.1, 0.15) is 0 Å². The summed E-state index contributed by atoms with van der Waals surface area (Å²) in [6.45, 7) is 35.9. The van der Waals surface area contributed by atoms with Crippen molar-refractivity contribution in [1.82, 2.24) is 0 Å². The van der Waals surface area contributed by atoms with Crippen LogP contribution in [0.5, 0.6) is 0 Å². The maximum absolute atomic E-state index is 7.48. The Labute approximate surface area is 258 Å². The van der Waals surface area contributed by atoms with E-state index in [1.807, 2.05) is 0 Å². The second kappa shape index (κ2) is 11.1. The van der Waals surface area contributed by atoms with Crippen LogP contribution >= 0.6 is 0 Å². The van der Waals surface area contributed by atoms with Crippen molar-refractivity contribution >= 4 is 33.3 Å². The molecule has 0 saturated heterocycles. The van der Waals surface area contributed by atoms with Crippen molar-refractivity contribution in [2.75, 3.05) is 0 Å². The average molecular weight is 639 g/mol. The molecule has 0 aromatic carbocycles. The molecule has 9 unspecified atom stereocenters. The predicted molar refractivity (Wildman–Crippen MR) is 185 cm³/mol. The molecule has 238 valence electrons. The molecule has 0 bridgehead atoms. The van der Waals surface area contributed by atoms with Gasteiger partial charge in [0.2, 0.25) is 0 Å². The molecular weight excluding hydrogens is 573 g/mol. The van der Waals surface area contributed by atoms with Crippen LogP contribution in [0.1, 0.15) is 65.7 Å². The molecule has 3 saturated carbocycles. The van der Waals surface area contributed by atoms with Crippen LogP contribution in [-0.4, -0.2) is 57.2 Å². The first-order valence-electron chi connectivity index (χ1n) is 16.8. The van der Waals surface area contributed by atoms with Gasteiger partial charge in [-0.25, -0.2) is 0 Å². The van der Waals surface area contributed by atoms with Crippen LogP contribution in [0.3, 0.4) is 0 Å². The summed E-state index contributed by atoms with van der Waals surface area (Å²) in [5.74, 6) is 1.86. The lowest BCUT2D eigenvalue weighted by atomic mass is 9.46. The second-order valence-electron chi connectivity index (χ2n) is 18.7. The molecule has 0 aliphatic heterocycles. The van der Waals surface area contributed by atoms with Crippen LogP contribution in [0, 0.1) is 28.6 Å². The fourth-order valence-electron chi connectivity index (χ4n) is 10.0. The predicted octanol–water partition coefficient (Wildman–Crippen LogP) is 9.83. The van der Waals surface area contributed by atoms with Gasteiger partial charge in [0, 0.05) is 17.6 Å². The average Bonchev–Trinajstić information content (AvgIpc) is 3.02. The van der Waals surface area contributed by atoms with Crippen LogP contribution in [0.2, 0.25) is 78.6 Å². The highest BCUT2D eigenvalue weighted by atomic mass is 28.4. The topological polar surface area (TPSA) is 36.9 Å². The van der Waals surface area contributed by atoms with E-state index in [0.717, 1.165) is 19.3 Å². The van der Waals surface area contributed by atoms with Gasteiger partial charge in [-0.05, 0) is 154 Å². The lowest BCUT2D eigenvalue weighted by molar-refractivity contribution is -0.183. The molecule has 4 aliphatic rings. The van der Waals surface area contributed by atoms with Gasteiger partial charge in [0.15, 0.2) is 33.3 Å². The number of hydrogen-bond acceptors (Lipinski definition) is 4. The summed E-state index contributed by atoms with van der Waals surface area (Å²) < 4.78 is 28.5. The summed E-state index contributed by atoms with van der Waals surface area (Å²) in [4.78, 5) is 0. The van der Waals surface area contributed by atoms with E-state index in [9.17, 15) is 0 Å². The van der Waals surface area contributed by atoms with Crippen molar-refractivity contribution in [3.63, 3.8) is 0 Å². The minimum absolute atomic E-state index is 0.0394. The Morgan fingerprint density at radius 2 is 1.39 bits per heavy atom. The van der Waals surface area contributed by atoms with Crippen molar-refractivity contribution in [1.29, 1.82) is 0 Å².